The Morgan fingerprint density at radius 1 is 0.949 bits per heavy atom. The molecule has 0 saturated carbocycles. The van der Waals surface area contributed by atoms with Crippen LogP contribution in [0.25, 0.3) is 11.4 Å². The quantitative estimate of drug-likeness (QED) is 0.256. The van der Waals surface area contributed by atoms with Crippen LogP contribution in [0.2, 0.25) is 10.0 Å². The van der Waals surface area contributed by atoms with E-state index in [0.29, 0.717) is 47.8 Å². The molecule has 0 bridgehead atoms. The molecule has 0 aliphatic carbocycles. The van der Waals surface area contributed by atoms with Gasteiger partial charge in [-0.05, 0) is 24.3 Å². The first-order valence-corrected chi connectivity index (χ1v) is 12.7. The van der Waals surface area contributed by atoms with Crippen molar-refractivity contribution in [1.29, 1.82) is 0 Å². The Labute approximate surface area is 234 Å². The summed E-state index contributed by atoms with van der Waals surface area (Å²) in [7, 11) is 3.05. The van der Waals surface area contributed by atoms with Crippen LogP contribution in [-0.2, 0) is 4.74 Å². The molecular formula is C26H25Cl2N7O4. The van der Waals surface area contributed by atoms with Crippen molar-refractivity contribution in [3.05, 3.63) is 59.0 Å². The molecule has 2 aromatic carbocycles. The van der Waals surface area contributed by atoms with Gasteiger partial charge in [-0.2, -0.15) is 4.98 Å². The molecule has 3 heterocycles. The summed E-state index contributed by atoms with van der Waals surface area (Å²) in [6.45, 7) is 3.02. The molecule has 1 fully saturated rings. The molecule has 39 heavy (non-hydrogen) atoms. The number of pyridine rings is 1. The van der Waals surface area contributed by atoms with Gasteiger partial charge in [0.25, 0.3) is 0 Å². The first kappa shape index (κ1) is 26.5. The number of morpholine rings is 1. The van der Waals surface area contributed by atoms with Gasteiger partial charge >= 0.3 is 0 Å². The van der Waals surface area contributed by atoms with Gasteiger partial charge in [0.2, 0.25) is 5.95 Å². The van der Waals surface area contributed by atoms with Crippen LogP contribution < -0.4 is 25.0 Å². The van der Waals surface area contributed by atoms with E-state index < -0.39 is 0 Å². The second-order valence-electron chi connectivity index (χ2n) is 8.37. The smallest absolute Gasteiger partial charge is 0.230 e. The number of benzene rings is 2. The summed E-state index contributed by atoms with van der Waals surface area (Å²) in [5.74, 6) is 1.70. The van der Waals surface area contributed by atoms with E-state index in [1.165, 1.54) is 19.5 Å². The normalized spacial score (nSPS) is 13.2. The van der Waals surface area contributed by atoms with Crippen LogP contribution in [0.15, 0.2) is 48.9 Å². The third-order valence-electron chi connectivity index (χ3n) is 6.04. The topological polar surface area (TPSA) is 127 Å². The number of nitrogens with zero attached hydrogens (tertiary/aromatic N) is 5. The standard InChI is InChI=1S/C26H25Cl2N7O4/c1-37-19-12-15(35-8-10-39-11-9-35)5-6-17(19)32-26-31-14-30-25(34-26)16-4-3-7-29-24(16)33-23-21(27)18(36)13-20(38-2)22(23)28/h3-7,12-14,36H,8-11H2,1-2H3,(H,29,33)(H,30,31,32,34). The lowest BCUT2D eigenvalue weighted by atomic mass is 10.2. The molecular weight excluding hydrogens is 545 g/mol. The van der Waals surface area contributed by atoms with Crippen molar-refractivity contribution in [2.75, 3.05) is 56.1 Å². The number of methoxy groups -OCH3 is 2. The summed E-state index contributed by atoms with van der Waals surface area (Å²) in [5, 5.41) is 16.7. The molecule has 5 rings (SSSR count). The lowest BCUT2D eigenvalue weighted by Gasteiger charge is -2.29. The molecule has 1 aliphatic rings. The Kier molecular flexibility index (Phi) is 8.01. The van der Waals surface area contributed by atoms with Crippen molar-refractivity contribution in [2.24, 2.45) is 0 Å². The van der Waals surface area contributed by atoms with Gasteiger partial charge in [-0.15, -0.1) is 0 Å². The van der Waals surface area contributed by atoms with Gasteiger partial charge < -0.3 is 34.9 Å². The predicted octanol–water partition coefficient (Wildman–Crippen LogP) is 5.29. The molecule has 202 valence electrons. The monoisotopic (exact) mass is 569 g/mol. The number of aromatic hydroxyl groups is 1. The van der Waals surface area contributed by atoms with E-state index in [0.717, 1.165) is 18.8 Å². The van der Waals surface area contributed by atoms with Gasteiger partial charge in [0, 0.05) is 37.1 Å². The number of rotatable bonds is 8. The number of hydrogen-bond donors (Lipinski definition) is 3. The number of anilines is 5. The molecule has 1 saturated heterocycles. The first-order chi connectivity index (χ1) is 19.0. The van der Waals surface area contributed by atoms with Crippen LogP contribution in [0.4, 0.5) is 28.8 Å². The maximum absolute atomic E-state index is 10.2. The highest BCUT2D eigenvalue weighted by molar-refractivity contribution is 6.41. The summed E-state index contributed by atoms with van der Waals surface area (Å²) in [4.78, 5) is 19.9. The molecule has 0 amide bonds. The molecule has 0 atom stereocenters. The average Bonchev–Trinajstić information content (AvgIpc) is 2.98. The molecule has 2 aromatic heterocycles. The number of phenols is 1. The second-order valence-corrected chi connectivity index (χ2v) is 9.12. The number of aromatic nitrogens is 4. The highest BCUT2D eigenvalue weighted by Crippen LogP contribution is 2.45. The number of nitrogens with one attached hydrogen (secondary N) is 2. The summed E-state index contributed by atoms with van der Waals surface area (Å²) < 4.78 is 16.3. The molecule has 4 aromatic rings. The third kappa shape index (κ3) is 5.70. The minimum atomic E-state index is -0.196. The van der Waals surface area contributed by atoms with E-state index in [9.17, 15) is 5.11 Å². The highest BCUT2D eigenvalue weighted by atomic mass is 35.5. The predicted molar refractivity (Wildman–Crippen MR) is 150 cm³/mol. The lowest BCUT2D eigenvalue weighted by molar-refractivity contribution is 0.122. The molecule has 13 heteroatoms. The van der Waals surface area contributed by atoms with Crippen LogP contribution in [-0.4, -0.2) is 65.6 Å². The Balaban J connectivity index is 1.43. The third-order valence-corrected chi connectivity index (χ3v) is 6.80. The number of halogens is 2. The van der Waals surface area contributed by atoms with Crippen molar-refractivity contribution >= 4 is 52.0 Å². The van der Waals surface area contributed by atoms with Crippen molar-refractivity contribution in [1.82, 2.24) is 19.9 Å². The minimum absolute atomic E-state index is 0.0167. The fourth-order valence-corrected chi connectivity index (χ4v) is 4.59. The summed E-state index contributed by atoms with van der Waals surface area (Å²) >= 11 is 12.8. The maximum atomic E-state index is 10.2. The minimum Gasteiger partial charge on any atom is -0.506 e. The van der Waals surface area contributed by atoms with E-state index in [1.54, 1.807) is 25.4 Å². The average molecular weight is 570 g/mol. The molecule has 3 N–H and O–H groups in total. The lowest BCUT2D eigenvalue weighted by Crippen LogP contribution is -2.36. The number of hydrogen-bond acceptors (Lipinski definition) is 11. The molecule has 11 nitrogen and oxygen atoms in total. The van der Waals surface area contributed by atoms with Crippen molar-refractivity contribution in [2.45, 2.75) is 0 Å². The first-order valence-electron chi connectivity index (χ1n) is 11.9. The summed E-state index contributed by atoms with van der Waals surface area (Å²) in [6, 6.07) is 10.8. The van der Waals surface area contributed by atoms with E-state index in [-0.39, 0.29) is 27.2 Å². The van der Waals surface area contributed by atoms with Crippen LogP contribution in [0.1, 0.15) is 0 Å². The zero-order valence-electron chi connectivity index (χ0n) is 21.1. The highest BCUT2D eigenvalue weighted by Gasteiger charge is 2.20. The Morgan fingerprint density at radius 3 is 2.51 bits per heavy atom. The van der Waals surface area contributed by atoms with Gasteiger partial charge in [-0.1, -0.05) is 23.2 Å². The Hall–Kier alpha value is -4.06. The second kappa shape index (κ2) is 11.8. The van der Waals surface area contributed by atoms with E-state index >= 15 is 0 Å². The van der Waals surface area contributed by atoms with Gasteiger partial charge in [-0.25, -0.2) is 15.0 Å². The van der Waals surface area contributed by atoms with Crippen molar-refractivity contribution in [3.8, 4) is 28.6 Å². The zero-order valence-corrected chi connectivity index (χ0v) is 22.6. The fraction of sp³-hybridized carbons (Fsp3) is 0.231. The van der Waals surface area contributed by atoms with Crippen LogP contribution >= 0.6 is 23.2 Å². The van der Waals surface area contributed by atoms with Crippen molar-refractivity contribution in [3.63, 3.8) is 0 Å². The van der Waals surface area contributed by atoms with Crippen LogP contribution in [0.3, 0.4) is 0 Å². The van der Waals surface area contributed by atoms with E-state index in [1.807, 2.05) is 18.2 Å². The van der Waals surface area contributed by atoms with E-state index in [4.69, 9.17) is 37.4 Å². The van der Waals surface area contributed by atoms with Crippen LogP contribution in [0.5, 0.6) is 17.2 Å². The molecule has 1 aliphatic heterocycles. The zero-order chi connectivity index (χ0) is 27.4. The summed E-state index contributed by atoms with van der Waals surface area (Å²) in [5.41, 5.74) is 2.52. The Bertz CT molecular complexity index is 1490. The van der Waals surface area contributed by atoms with E-state index in [2.05, 4.69) is 35.5 Å². The molecule has 0 unspecified atom stereocenters. The Morgan fingerprint density at radius 2 is 1.74 bits per heavy atom. The van der Waals surface area contributed by atoms with Gasteiger partial charge in [0.15, 0.2) is 5.82 Å². The fourth-order valence-electron chi connectivity index (χ4n) is 4.07. The maximum Gasteiger partial charge on any atom is 0.230 e. The van der Waals surface area contributed by atoms with Crippen LogP contribution in [0, 0.1) is 0 Å². The van der Waals surface area contributed by atoms with Crippen molar-refractivity contribution < 1.29 is 19.3 Å². The molecule has 0 radical (unpaired) electrons. The summed E-state index contributed by atoms with van der Waals surface area (Å²) in [6.07, 6.45) is 2.99. The number of phenolic OH excluding ortho intramolecular Hbond substituents is 1. The van der Waals surface area contributed by atoms with Gasteiger partial charge in [0.1, 0.15) is 39.4 Å². The number of ether oxygens (including phenoxy) is 3. The molecule has 0 spiro atoms. The largest absolute Gasteiger partial charge is 0.506 e. The SMILES string of the molecule is COc1cc(N2CCOCC2)ccc1Nc1ncnc(-c2cccnc2Nc2c(Cl)c(O)cc(OC)c2Cl)n1. The van der Waals surface area contributed by atoms with Gasteiger partial charge in [-0.3, -0.25) is 0 Å². The van der Waals surface area contributed by atoms with Gasteiger partial charge in [0.05, 0.1) is 44.4 Å².